The average Bonchev–Trinajstić information content (AvgIpc) is 3.02. The second kappa shape index (κ2) is 4.97. The molecular weight excluding hydrogens is 220 g/mol. The summed E-state index contributed by atoms with van der Waals surface area (Å²) in [6, 6.07) is 2.23. The van der Waals surface area contributed by atoms with Gasteiger partial charge in [-0.05, 0) is 64.3 Å². The fourth-order valence-corrected chi connectivity index (χ4v) is 3.89. The topological polar surface area (TPSA) is 15.3 Å². The van der Waals surface area contributed by atoms with Gasteiger partial charge in [-0.15, -0.1) is 0 Å². The molecule has 0 saturated heterocycles. The maximum absolute atomic E-state index is 3.80. The molecule has 0 amide bonds. The normalized spacial score (nSPS) is 37.4. The highest BCUT2D eigenvalue weighted by atomic mass is 15.2. The van der Waals surface area contributed by atoms with Gasteiger partial charge in [0.2, 0.25) is 0 Å². The highest BCUT2D eigenvalue weighted by molar-refractivity contribution is 5.11. The summed E-state index contributed by atoms with van der Waals surface area (Å²) in [6.45, 7) is 5.90. The quantitative estimate of drug-likeness (QED) is 0.727. The van der Waals surface area contributed by atoms with E-state index in [4.69, 9.17) is 0 Å². The van der Waals surface area contributed by atoms with Gasteiger partial charge in [-0.1, -0.05) is 12.2 Å². The third-order valence-corrected chi connectivity index (χ3v) is 5.53. The number of nitrogens with one attached hydrogen (secondary N) is 1. The Morgan fingerprint density at radius 2 is 2.00 bits per heavy atom. The minimum atomic E-state index is 0.675. The van der Waals surface area contributed by atoms with Crippen LogP contribution in [0, 0.1) is 17.8 Å². The zero-order valence-corrected chi connectivity index (χ0v) is 12.1. The predicted octanol–water partition coefficient (Wildman–Crippen LogP) is 2.66. The Morgan fingerprint density at radius 3 is 2.56 bits per heavy atom. The number of hydrogen-bond donors (Lipinski definition) is 1. The smallest absolute Gasteiger partial charge is 0.0192 e. The fraction of sp³-hybridized carbons (Fsp3) is 0.875. The first-order chi connectivity index (χ1) is 8.65. The van der Waals surface area contributed by atoms with Gasteiger partial charge in [0.15, 0.2) is 0 Å². The minimum absolute atomic E-state index is 0.675. The standard InChI is InChI=1S/C16H28N2/c1-11(18(3)15-6-7-15)10-17-12(2)16-9-13-4-5-14(16)8-13/h4-5,11-17H,6-10H2,1-3H3. The van der Waals surface area contributed by atoms with E-state index < -0.39 is 0 Å². The summed E-state index contributed by atoms with van der Waals surface area (Å²) < 4.78 is 0. The molecule has 102 valence electrons. The molecule has 0 heterocycles. The zero-order valence-electron chi connectivity index (χ0n) is 12.1. The third-order valence-electron chi connectivity index (χ3n) is 5.53. The summed E-state index contributed by atoms with van der Waals surface area (Å²) in [4.78, 5) is 2.56. The van der Waals surface area contributed by atoms with Crippen molar-refractivity contribution >= 4 is 0 Å². The zero-order chi connectivity index (χ0) is 12.7. The van der Waals surface area contributed by atoms with Crippen LogP contribution in [0.25, 0.3) is 0 Å². The van der Waals surface area contributed by atoms with E-state index >= 15 is 0 Å². The molecule has 2 fully saturated rings. The first kappa shape index (κ1) is 12.7. The molecule has 3 aliphatic carbocycles. The molecular formula is C16H28N2. The van der Waals surface area contributed by atoms with Crippen LogP contribution in [0.15, 0.2) is 12.2 Å². The third kappa shape index (κ3) is 2.50. The lowest BCUT2D eigenvalue weighted by molar-refractivity contribution is 0.223. The Labute approximate surface area is 112 Å². The molecule has 2 saturated carbocycles. The second-order valence-electron chi connectivity index (χ2n) is 6.89. The van der Waals surface area contributed by atoms with E-state index in [1.165, 1.54) is 25.7 Å². The van der Waals surface area contributed by atoms with Gasteiger partial charge < -0.3 is 5.32 Å². The molecule has 1 N–H and O–H groups in total. The molecule has 0 aliphatic heterocycles. The van der Waals surface area contributed by atoms with Crippen LogP contribution in [-0.2, 0) is 0 Å². The minimum Gasteiger partial charge on any atom is -0.312 e. The average molecular weight is 248 g/mol. The summed E-state index contributed by atoms with van der Waals surface area (Å²) >= 11 is 0. The van der Waals surface area contributed by atoms with Gasteiger partial charge in [-0.2, -0.15) is 0 Å². The summed E-state index contributed by atoms with van der Waals surface area (Å²) in [5, 5.41) is 3.80. The number of hydrogen-bond acceptors (Lipinski definition) is 2. The van der Waals surface area contributed by atoms with Crippen LogP contribution >= 0.6 is 0 Å². The van der Waals surface area contributed by atoms with Gasteiger partial charge in [-0.25, -0.2) is 0 Å². The van der Waals surface area contributed by atoms with E-state index in [1.807, 2.05) is 0 Å². The molecule has 3 rings (SSSR count). The molecule has 2 nitrogen and oxygen atoms in total. The summed E-state index contributed by atoms with van der Waals surface area (Å²) in [6.07, 6.45) is 10.6. The molecule has 5 unspecified atom stereocenters. The molecule has 0 spiro atoms. The first-order valence-corrected chi connectivity index (χ1v) is 7.78. The second-order valence-corrected chi connectivity index (χ2v) is 6.89. The molecule has 0 aromatic rings. The van der Waals surface area contributed by atoms with Crippen LogP contribution in [0.5, 0.6) is 0 Å². The van der Waals surface area contributed by atoms with Crippen LogP contribution < -0.4 is 5.32 Å². The van der Waals surface area contributed by atoms with Crippen molar-refractivity contribution in [1.29, 1.82) is 0 Å². The van der Waals surface area contributed by atoms with Crippen LogP contribution in [0.3, 0.4) is 0 Å². The first-order valence-electron chi connectivity index (χ1n) is 7.78. The van der Waals surface area contributed by atoms with Crippen LogP contribution in [-0.4, -0.2) is 36.6 Å². The highest BCUT2D eigenvalue weighted by Crippen LogP contribution is 2.44. The molecule has 3 aliphatic rings. The largest absolute Gasteiger partial charge is 0.312 e. The lowest BCUT2D eigenvalue weighted by Crippen LogP contribution is -2.44. The van der Waals surface area contributed by atoms with Crippen molar-refractivity contribution in [2.75, 3.05) is 13.6 Å². The van der Waals surface area contributed by atoms with E-state index in [0.29, 0.717) is 12.1 Å². The maximum atomic E-state index is 3.80. The Kier molecular flexibility index (Phi) is 3.50. The summed E-state index contributed by atoms with van der Waals surface area (Å²) in [5.74, 6) is 2.66. The van der Waals surface area contributed by atoms with Gasteiger partial charge in [-0.3, -0.25) is 4.90 Å². The Balaban J connectivity index is 1.43. The number of rotatable bonds is 6. The summed E-state index contributed by atoms with van der Waals surface area (Å²) in [7, 11) is 2.29. The van der Waals surface area contributed by atoms with E-state index in [0.717, 1.165) is 30.3 Å². The van der Waals surface area contributed by atoms with E-state index in [2.05, 4.69) is 43.3 Å². The molecule has 0 aromatic heterocycles. The fourth-order valence-electron chi connectivity index (χ4n) is 3.89. The SMILES string of the molecule is CC(NCC(C)N(C)C1CC1)C1CC2C=CC1C2. The monoisotopic (exact) mass is 248 g/mol. The van der Waals surface area contributed by atoms with Gasteiger partial charge in [0.25, 0.3) is 0 Å². The van der Waals surface area contributed by atoms with E-state index in [9.17, 15) is 0 Å². The lowest BCUT2D eigenvalue weighted by atomic mass is 9.87. The number of allylic oxidation sites excluding steroid dienone is 2. The van der Waals surface area contributed by atoms with Crippen molar-refractivity contribution in [2.45, 2.75) is 57.7 Å². The Morgan fingerprint density at radius 1 is 1.22 bits per heavy atom. The molecule has 0 radical (unpaired) electrons. The number of likely N-dealkylation sites (N-methyl/N-ethyl adjacent to an activating group) is 1. The Hall–Kier alpha value is -0.340. The molecule has 18 heavy (non-hydrogen) atoms. The summed E-state index contributed by atoms with van der Waals surface area (Å²) in [5.41, 5.74) is 0. The van der Waals surface area contributed by atoms with Gasteiger partial charge >= 0.3 is 0 Å². The molecule has 0 aromatic carbocycles. The van der Waals surface area contributed by atoms with Gasteiger partial charge in [0.1, 0.15) is 0 Å². The highest BCUT2D eigenvalue weighted by Gasteiger charge is 2.38. The van der Waals surface area contributed by atoms with Crippen molar-refractivity contribution in [3.63, 3.8) is 0 Å². The lowest BCUT2D eigenvalue weighted by Gasteiger charge is -2.30. The van der Waals surface area contributed by atoms with E-state index in [1.54, 1.807) is 0 Å². The molecule has 2 heteroatoms. The van der Waals surface area contributed by atoms with Crippen molar-refractivity contribution in [3.8, 4) is 0 Å². The van der Waals surface area contributed by atoms with Crippen molar-refractivity contribution in [1.82, 2.24) is 10.2 Å². The van der Waals surface area contributed by atoms with Crippen molar-refractivity contribution in [3.05, 3.63) is 12.2 Å². The Bertz CT molecular complexity index is 321. The van der Waals surface area contributed by atoms with Crippen LogP contribution in [0.4, 0.5) is 0 Å². The van der Waals surface area contributed by atoms with Crippen LogP contribution in [0.2, 0.25) is 0 Å². The number of fused-ring (bicyclic) bond motifs is 2. The van der Waals surface area contributed by atoms with Gasteiger partial charge in [0, 0.05) is 24.7 Å². The van der Waals surface area contributed by atoms with Gasteiger partial charge in [0.05, 0.1) is 0 Å². The molecule has 2 bridgehead atoms. The van der Waals surface area contributed by atoms with E-state index in [-0.39, 0.29) is 0 Å². The van der Waals surface area contributed by atoms with Crippen molar-refractivity contribution in [2.24, 2.45) is 17.8 Å². The molecule has 5 atom stereocenters. The maximum Gasteiger partial charge on any atom is 0.0192 e. The van der Waals surface area contributed by atoms with Crippen molar-refractivity contribution < 1.29 is 0 Å². The van der Waals surface area contributed by atoms with Crippen LogP contribution in [0.1, 0.15) is 39.5 Å². The number of nitrogens with zero attached hydrogens (tertiary/aromatic N) is 1. The predicted molar refractivity (Wildman–Crippen MR) is 76.6 cm³/mol.